The van der Waals surface area contributed by atoms with Gasteiger partial charge in [0.1, 0.15) is 0 Å². The molecule has 0 bridgehead atoms. The summed E-state index contributed by atoms with van der Waals surface area (Å²) in [5.74, 6) is -0.581. The number of hydrogen-bond acceptors (Lipinski definition) is 2. The molecule has 0 aromatic rings. The predicted molar refractivity (Wildman–Crippen MR) is 32.8 cm³/mol. The molecule has 0 unspecified atom stereocenters. The molecule has 0 amide bonds. The first-order chi connectivity index (χ1) is 3.95. The second kappa shape index (κ2) is 2.82. The van der Waals surface area contributed by atoms with E-state index < -0.39 is 18.1 Å². The fourth-order valence-electron chi connectivity index (χ4n) is 0.374. The third-order valence-corrected chi connectivity index (χ3v) is 0.549. The monoisotopic (exact) mass is 129 g/mol. The SMILES string of the molecule is CC(C)(C)OC(=[O+])C[N]. The van der Waals surface area contributed by atoms with Gasteiger partial charge in [0, 0.05) is 25.6 Å². The number of nitrogens with zero attached hydrogens (tertiary/aromatic N) is 1. The molecular formula is C6H11NO2+. The van der Waals surface area contributed by atoms with E-state index in [1.54, 1.807) is 20.8 Å². The second-order valence-corrected chi connectivity index (χ2v) is 2.74. The summed E-state index contributed by atoms with van der Waals surface area (Å²) < 4.78 is 4.70. The van der Waals surface area contributed by atoms with E-state index in [1.807, 2.05) is 0 Å². The summed E-state index contributed by atoms with van der Waals surface area (Å²) in [7, 11) is 0. The Morgan fingerprint density at radius 2 is 2.00 bits per heavy atom. The molecule has 0 rings (SSSR count). The van der Waals surface area contributed by atoms with Crippen molar-refractivity contribution in [2.45, 2.75) is 26.4 Å². The van der Waals surface area contributed by atoms with Gasteiger partial charge in [0.15, 0.2) is 12.1 Å². The molecule has 0 saturated heterocycles. The highest BCUT2D eigenvalue weighted by molar-refractivity contribution is 5.71. The van der Waals surface area contributed by atoms with Crippen LogP contribution in [0.4, 0.5) is 0 Å². The van der Waals surface area contributed by atoms with Crippen molar-refractivity contribution in [3.8, 4) is 0 Å². The van der Waals surface area contributed by atoms with Gasteiger partial charge in [-0.3, -0.25) is 0 Å². The molecule has 0 heterocycles. The maximum atomic E-state index is 10.4. The minimum Gasteiger partial charge on any atom is -0.310 e. The van der Waals surface area contributed by atoms with Crippen LogP contribution in [0.1, 0.15) is 20.8 Å². The molecule has 0 aromatic carbocycles. The summed E-state index contributed by atoms with van der Waals surface area (Å²) in [4.78, 5) is 10.4. The molecule has 0 saturated carbocycles. The third-order valence-electron chi connectivity index (χ3n) is 0.549. The molecule has 3 radical (unpaired) electrons. The van der Waals surface area contributed by atoms with Crippen LogP contribution in [0.2, 0.25) is 0 Å². The van der Waals surface area contributed by atoms with Crippen molar-refractivity contribution in [3.63, 3.8) is 0 Å². The van der Waals surface area contributed by atoms with E-state index in [0.29, 0.717) is 0 Å². The van der Waals surface area contributed by atoms with Crippen molar-refractivity contribution >= 4 is 5.97 Å². The molecular weight excluding hydrogens is 118 g/mol. The molecule has 51 valence electrons. The van der Waals surface area contributed by atoms with Gasteiger partial charge >= 0.3 is 5.97 Å². The molecule has 0 N–H and O–H groups in total. The highest BCUT2D eigenvalue weighted by atomic mass is 16.6. The smallest absolute Gasteiger partial charge is 0.310 e. The third kappa shape index (κ3) is 5.30. The van der Waals surface area contributed by atoms with Crippen molar-refractivity contribution in [2.75, 3.05) is 6.54 Å². The first kappa shape index (κ1) is 8.43. The van der Waals surface area contributed by atoms with E-state index in [2.05, 4.69) is 0 Å². The summed E-state index contributed by atoms with van der Waals surface area (Å²) in [6.07, 6.45) is 0. The normalized spacial score (nSPS) is 11.1. The number of hydrogen-bond donors (Lipinski definition) is 0. The highest BCUT2D eigenvalue weighted by Crippen LogP contribution is 2.05. The van der Waals surface area contributed by atoms with Gasteiger partial charge in [0.25, 0.3) is 0 Å². The summed E-state index contributed by atoms with van der Waals surface area (Å²) in [5, 5.41) is 0. The topological polar surface area (TPSA) is 51.4 Å². The van der Waals surface area contributed by atoms with Crippen molar-refractivity contribution in [1.29, 1.82) is 0 Å². The van der Waals surface area contributed by atoms with Crippen LogP contribution < -0.4 is 5.73 Å². The average Bonchev–Trinajstić information content (AvgIpc) is 1.62. The lowest BCUT2D eigenvalue weighted by atomic mass is 10.2. The van der Waals surface area contributed by atoms with E-state index in [0.717, 1.165) is 0 Å². The van der Waals surface area contributed by atoms with Gasteiger partial charge in [-0.15, -0.1) is 5.73 Å². The lowest BCUT2D eigenvalue weighted by molar-refractivity contribution is -0.153. The highest BCUT2D eigenvalue weighted by Gasteiger charge is 2.26. The molecule has 3 nitrogen and oxygen atoms in total. The molecule has 0 spiro atoms. The minimum absolute atomic E-state index is 0.486. The molecule has 9 heavy (non-hydrogen) atoms. The van der Waals surface area contributed by atoms with Gasteiger partial charge in [-0.25, -0.2) is 0 Å². The zero-order valence-corrected chi connectivity index (χ0v) is 5.97. The Labute approximate surface area is 55.2 Å². The Morgan fingerprint density at radius 1 is 1.56 bits per heavy atom. The Balaban J connectivity index is 3.60. The number of esters is 1. The Kier molecular flexibility index (Phi) is 2.65. The van der Waals surface area contributed by atoms with E-state index in [4.69, 9.17) is 10.5 Å². The quantitative estimate of drug-likeness (QED) is 0.380. The second-order valence-electron chi connectivity index (χ2n) is 2.74. The standard InChI is InChI=1S/C6H11NO2/c1-6(2,3)9-5(8)4-7/h4H2,1-3H3/q+1. The molecule has 0 fully saturated rings. The first-order valence-corrected chi connectivity index (χ1v) is 2.78. The van der Waals surface area contributed by atoms with E-state index in [1.165, 1.54) is 0 Å². The van der Waals surface area contributed by atoms with Crippen LogP contribution >= 0.6 is 0 Å². The zero-order valence-electron chi connectivity index (χ0n) is 5.97. The fourth-order valence-corrected chi connectivity index (χ4v) is 0.374. The van der Waals surface area contributed by atoms with Crippen LogP contribution in [0.3, 0.4) is 0 Å². The van der Waals surface area contributed by atoms with Crippen LogP contribution in [0.25, 0.3) is 0 Å². The maximum Gasteiger partial charge on any atom is 0.592 e. The predicted octanol–water partition coefficient (Wildman–Crippen LogP) is 0.397. The van der Waals surface area contributed by atoms with Gasteiger partial charge in [0.05, 0.1) is 0 Å². The average molecular weight is 129 g/mol. The lowest BCUT2D eigenvalue weighted by Gasteiger charge is -2.07. The van der Waals surface area contributed by atoms with Gasteiger partial charge in [0.2, 0.25) is 0 Å². The lowest BCUT2D eigenvalue weighted by Crippen LogP contribution is -2.25. The molecule has 0 aliphatic heterocycles. The largest absolute Gasteiger partial charge is 0.592 e. The first-order valence-electron chi connectivity index (χ1n) is 2.78. The van der Waals surface area contributed by atoms with Crippen LogP contribution in [0, 0.1) is 0 Å². The van der Waals surface area contributed by atoms with E-state index >= 15 is 0 Å². The van der Waals surface area contributed by atoms with Crippen molar-refractivity contribution < 1.29 is 9.53 Å². The van der Waals surface area contributed by atoms with Crippen LogP contribution in [-0.2, 0) is 9.53 Å². The van der Waals surface area contributed by atoms with Crippen molar-refractivity contribution in [2.24, 2.45) is 0 Å². The van der Waals surface area contributed by atoms with Gasteiger partial charge < -0.3 is 4.74 Å². The molecule has 3 heteroatoms. The minimum atomic E-state index is -0.581. The summed E-state index contributed by atoms with van der Waals surface area (Å²) in [5.41, 5.74) is 7.74. The van der Waals surface area contributed by atoms with E-state index in [-0.39, 0.29) is 0 Å². The number of ether oxygens (including phenoxy) is 1. The zero-order chi connectivity index (χ0) is 7.49. The number of carbonyl (C=O) groups excluding carboxylic acids is 1. The van der Waals surface area contributed by atoms with Gasteiger partial charge in [-0.05, 0) is 0 Å². The molecule has 0 aliphatic carbocycles. The van der Waals surface area contributed by atoms with Crippen LogP contribution in [0.15, 0.2) is 0 Å². The van der Waals surface area contributed by atoms with Crippen LogP contribution in [0.5, 0.6) is 0 Å². The Morgan fingerprint density at radius 3 is 2.11 bits per heavy atom. The maximum absolute atomic E-state index is 10.4. The Bertz CT molecular complexity index is 104. The summed E-state index contributed by atoms with van der Waals surface area (Å²) >= 11 is 0. The number of rotatable bonds is 1. The van der Waals surface area contributed by atoms with Crippen molar-refractivity contribution in [1.82, 2.24) is 5.73 Å². The molecule has 0 aliphatic rings. The molecule has 0 aromatic heterocycles. The van der Waals surface area contributed by atoms with Crippen LogP contribution in [-0.4, -0.2) is 18.1 Å². The summed E-state index contributed by atoms with van der Waals surface area (Å²) in [6.45, 7) is 4.71. The summed E-state index contributed by atoms with van der Waals surface area (Å²) in [6, 6.07) is 0. The fraction of sp³-hybridized carbons (Fsp3) is 0.833. The van der Waals surface area contributed by atoms with Gasteiger partial charge in [-0.2, -0.15) is 0 Å². The van der Waals surface area contributed by atoms with E-state index in [9.17, 15) is 4.79 Å². The van der Waals surface area contributed by atoms with Crippen molar-refractivity contribution in [3.05, 3.63) is 0 Å². The number of carbonyl (C=O) groups is 1. The Hall–Kier alpha value is -0.570. The van der Waals surface area contributed by atoms with Gasteiger partial charge in [-0.1, -0.05) is 0 Å². The molecule has 0 atom stereocenters.